The third-order valence-corrected chi connectivity index (χ3v) is 4.92. The van der Waals surface area contributed by atoms with Gasteiger partial charge in [0.2, 0.25) is 5.91 Å². The van der Waals surface area contributed by atoms with E-state index in [9.17, 15) is 4.79 Å². The van der Waals surface area contributed by atoms with Gasteiger partial charge in [0.05, 0.1) is 11.6 Å². The van der Waals surface area contributed by atoms with Gasteiger partial charge in [-0.05, 0) is 51.0 Å². The second kappa shape index (κ2) is 6.50. The summed E-state index contributed by atoms with van der Waals surface area (Å²) in [5.74, 6) is 1.04. The van der Waals surface area contributed by atoms with Gasteiger partial charge in [0, 0.05) is 18.8 Å². The standard InChI is InChI=1S/C19H31N3O/c1-12(2)8-16-17(19(16,6)7)18(23)20-10-13(3)11-22-15(5)9-14(4)21-22/h8-9,13,16-17H,10-11H2,1-7H3,(H,20,23)/t13-,16-,17+/m1/s1. The van der Waals surface area contributed by atoms with Crippen LogP contribution < -0.4 is 5.32 Å². The highest BCUT2D eigenvalue weighted by atomic mass is 16.2. The maximum atomic E-state index is 12.5. The number of carbonyl (C=O) groups is 1. The molecule has 1 saturated carbocycles. The SMILES string of the molecule is CC(C)=C[C@@H]1[C@@H](C(=O)NC[C@@H](C)Cn2nc(C)cc2C)C1(C)C. The summed E-state index contributed by atoms with van der Waals surface area (Å²) in [7, 11) is 0. The van der Waals surface area contributed by atoms with Crippen molar-refractivity contribution in [3.05, 3.63) is 29.1 Å². The Morgan fingerprint density at radius 1 is 1.43 bits per heavy atom. The lowest BCUT2D eigenvalue weighted by atomic mass is 10.1. The van der Waals surface area contributed by atoms with Crippen molar-refractivity contribution in [1.82, 2.24) is 15.1 Å². The van der Waals surface area contributed by atoms with E-state index in [4.69, 9.17) is 0 Å². The zero-order chi connectivity index (χ0) is 17.4. The van der Waals surface area contributed by atoms with Crippen molar-refractivity contribution in [2.24, 2.45) is 23.2 Å². The number of rotatable bonds is 6. The number of nitrogens with zero attached hydrogens (tertiary/aromatic N) is 2. The molecular weight excluding hydrogens is 286 g/mol. The highest BCUT2D eigenvalue weighted by molar-refractivity contribution is 5.83. The minimum atomic E-state index is 0.0836. The van der Waals surface area contributed by atoms with E-state index >= 15 is 0 Å². The van der Waals surface area contributed by atoms with Crippen LogP contribution in [-0.2, 0) is 11.3 Å². The first kappa shape index (κ1) is 17.8. The number of allylic oxidation sites excluding steroid dienone is 2. The van der Waals surface area contributed by atoms with Gasteiger partial charge in [-0.25, -0.2) is 0 Å². The third-order valence-electron chi connectivity index (χ3n) is 4.92. The molecule has 23 heavy (non-hydrogen) atoms. The molecule has 1 heterocycles. The number of hydrogen-bond donors (Lipinski definition) is 1. The smallest absolute Gasteiger partial charge is 0.224 e. The summed E-state index contributed by atoms with van der Waals surface area (Å²) < 4.78 is 2.03. The van der Waals surface area contributed by atoms with E-state index < -0.39 is 0 Å². The first-order valence-electron chi connectivity index (χ1n) is 8.56. The van der Waals surface area contributed by atoms with Gasteiger partial charge in [0.25, 0.3) is 0 Å². The summed E-state index contributed by atoms with van der Waals surface area (Å²) >= 11 is 0. The minimum absolute atomic E-state index is 0.0836. The van der Waals surface area contributed by atoms with Crippen molar-refractivity contribution in [3.8, 4) is 0 Å². The Hall–Kier alpha value is -1.58. The van der Waals surface area contributed by atoms with E-state index in [1.165, 1.54) is 11.3 Å². The predicted molar refractivity (Wildman–Crippen MR) is 94.1 cm³/mol. The fourth-order valence-electron chi connectivity index (χ4n) is 3.45. The van der Waals surface area contributed by atoms with Gasteiger partial charge in [0.15, 0.2) is 0 Å². The monoisotopic (exact) mass is 317 g/mol. The zero-order valence-electron chi connectivity index (χ0n) is 15.6. The summed E-state index contributed by atoms with van der Waals surface area (Å²) in [5.41, 5.74) is 3.59. The molecule has 1 aliphatic rings. The highest BCUT2D eigenvalue weighted by Crippen LogP contribution is 2.59. The van der Waals surface area contributed by atoms with Crippen molar-refractivity contribution >= 4 is 5.91 Å². The molecule has 0 unspecified atom stereocenters. The number of nitrogens with one attached hydrogen (secondary N) is 1. The largest absolute Gasteiger partial charge is 0.355 e. The molecule has 1 aromatic heterocycles. The lowest BCUT2D eigenvalue weighted by Gasteiger charge is -2.14. The Kier molecular flexibility index (Phi) is 5.02. The summed E-state index contributed by atoms with van der Waals surface area (Å²) in [4.78, 5) is 12.5. The van der Waals surface area contributed by atoms with E-state index in [0.717, 1.165) is 12.2 Å². The van der Waals surface area contributed by atoms with Gasteiger partial charge in [-0.1, -0.05) is 32.4 Å². The molecular formula is C19H31N3O. The maximum absolute atomic E-state index is 12.5. The third kappa shape index (κ3) is 4.04. The van der Waals surface area contributed by atoms with Crippen LogP contribution >= 0.6 is 0 Å². The number of aromatic nitrogens is 2. The Morgan fingerprint density at radius 2 is 2.09 bits per heavy atom. The van der Waals surface area contributed by atoms with Gasteiger partial charge < -0.3 is 5.32 Å². The topological polar surface area (TPSA) is 46.9 Å². The molecule has 2 rings (SSSR count). The molecule has 1 amide bonds. The van der Waals surface area contributed by atoms with Gasteiger partial charge in [-0.2, -0.15) is 5.10 Å². The van der Waals surface area contributed by atoms with Crippen LogP contribution in [0.5, 0.6) is 0 Å². The number of hydrogen-bond acceptors (Lipinski definition) is 2. The van der Waals surface area contributed by atoms with E-state index in [2.05, 4.69) is 64.1 Å². The predicted octanol–water partition coefficient (Wildman–Crippen LogP) is 3.49. The van der Waals surface area contributed by atoms with E-state index in [1.54, 1.807) is 0 Å². The molecule has 4 heteroatoms. The highest BCUT2D eigenvalue weighted by Gasteiger charge is 2.60. The summed E-state index contributed by atoms with van der Waals surface area (Å²) in [6, 6.07) is 2.09. The number of aryl methyl sites for hydroxylation is 2. The first-order valence-corrected chi connectivity index (χ1v) is 8.56. The van der Waals surface area contributed by atoms with Crippen LogP contribution in [0.25, 0.3) is 0 Å². The van der Waals surface area contributed by atoms with Crippen molar-refractivity contribution in [2.45, 2.75) is 55.0 Å². The van der Waals surface area contributed by atoms with Crippen LogP contribution in [0.3, 0.4) is 0 Å². The number of carbonyl (C=O) groups excluding carboxylic acids is 1. The molecule has 3 atom stereocenters. The molecule has 0 bridgehead atoms. The lowest BCUT2D eigenvalue weighted by molar-refractivity contribution is -0.123. The van der Waals surface area contributed by atoms with Crippen LogP contribution in [0.1, 0.15) is 46.0 Å². The Balaban J connectivity index is 1.85. The second-order valence-electron chi connectivity index (χ2n) is 8.03. The van der Waals surface area contributed by atoms with Crippen molar-refractivity contribution in [2.75, 3.05) is 6.54 Å². The average Bonchev–Trinajstić information content (AvgIpc) is 2.78. The van der Waals surface area contributed by atoms with Gasteiger partial charge in [0.1, 0.15) is 0 Å². The number of amides is 1. The quantitative estimate of drug-likeness (QED) is 0.816. The van der Waals surface area contributed by atoms with Crippen LogP contribution in [-0.4, -0.2) is 22.2 Å². The maximum Gasteiger partial charge on any atom is 0.224 e. The van der Waals surface area contributed by atoms with Gasteiger partial charge >= 0.3 is 0 Å². The van der Waals surface area contributed by atoms with Crippen LogP contribution in [0.15, 0.2) is 17.7 Å². The molecule has 1 N–H and O–H groups in total. The Morgan fingerprint density at radius 3 is 2.61 bits per heavy atom. The van der Waals surface area contributed by atoms with Crippen molar-refractivity contribution < 1.29 is 4.79 Å². The fourth-order valence-corrected chi connectivity index (χ4v) is 3.45. The molecule has 1 fully saturated rings. The second-order valence-corrected chi connectivity index (χ2v) is 8.03. The van der Waals surface area contributed by atoms with Crippen LogP contribution in [0, 0.1) is 37.0 Å². The Labute approximate surface area is 140 Å². The van der Waals surface area contributed by atoms with Crippen molar-refractivity contribution in [3.63, 3.8) is 0 Å². The summed E-state index contributed by atoms with van der Waals surface area (Å²) in [6.07, 6.45) is 2.24. The zero-order valence-corrected chi connectivity index (χ0v) is 15.6. The molecule has 0 radical (unpaired) electrons. The van der Waals surface area contributed by atoms with E-state index in [1.807, 2.05) is 11.6 Å². The summed E-state index contributed by atoms with van der Waals surface area (Å²) in [5, 5.41) is 7.63. The molecule has 0 aromatic carbocycles. The van der Waals surface area contributed by atoms with Gasteiger partial charge in [-0.15, -0.1) is 0 Å². The molecule has 1 aliphatic carbocycles. The molecule has 128 valence electrons. The van der Waals surface area contributed by atoms with Crippen LogP contribution in [0.4, 0.5) is 0 Å². The molecule has 1 aromatic rings. The lowest BCUT2D eigenvalue weighted by Crippen LogP contribution is -2.32. The Bertz CT molecular complexity index is 608. The fraction of sp³-hybridized carbons (Fsp3) is 0.684. The van der Waals surface area contributed by atoms with E-state index in [-0.39, 0.29) is 17.2 Å². The van der Waals surface area contributed by atoms with Crippen molar-refractivity contribution in [1.29, 1.82) is 0 Å². The molecule has 0 aliphatic heterocycles. The molecule has 0 spiro atoms. The van der Waals surface area contributed by atoms with Crippen LogP contribution in [0.2, 0.25) is 0 Å². The van der Waals surface area contributed by atoms with E-state index in [0.29, 0.717) is 18.4 Å². The average molecular weight is 317 g/mol. The minimum Gasteiger partial charge on any atom is -0.355 e. The summed E-state index contributed by atoms with van der Waals surface area (Å²) in [6.45, 7) is 16.3. The normalized spacial score (nSPS) is 23.3. The van der Waals surface area contributed by atoms with Gasteiger partial charge in [-0.3, -0.25) is 9.48 Å². The molecule has 0 saturated heterocycles. The first-order chi connectivity index (χ1) is 10.6. The molecule has 4 nitrogen and oxygen atoms in total.